The Bertz CT molecular complexity index is 608. The molecule has 0 aliphatic carbocycles. The maximum absolute atomic E-state index is 11.4. The summed E-state index contributed by atoms with van der Waals surface area (Å²) in [6.07, 6.45) is 0.851. The Kier molecular flexibility index (Phi) is 5.11. The molecule has 2 rings (SSSR count). The smallest absolute Gasteiger partial charge is 0.343 e. The number of anilines is 1. The van der Waals surface area contributed by atoms with Crippen LogP contribution < -0.4 is 16.2 Å². The number of benzene rings is 1. The molecule has 0 atom stereocenters. The number of hydrogen-bond acceptors (Lipinski definition) is 5. The normalized spacial score (nSPS) is 10.7. The van der Waals surface area contributed by atoms with Gasteiger partial charge in [0, 0.05) is 12.3 Å². The highest BCUT2D eigenvalue weighted by Gasteiger charge is 2.06. The monoisotopic (exact) mass is 294 g/mol. The third-order valence-corrected chi connectivity index (χ3v) is 3.80. The second-order valence-corrected chi connectivity index (χ2v) is 5.21. The molecular weight excluding hydrogens is 276 g/mol. The van der Waals surface area contributed by atoms with Crippen LogP contribution in [0.2, 0.25) is 0 Å². The lowest BCUT2D eigenvalue weighted by Gasteiger charge is -2.08. The highest BCUT2D eigenvalue weighted by Crippen LogP contribution is 2.20. The maximum atomic E-state index is 11.4. The molecule has 1 heterocycles. The molecule has 0 spiro atoms. The lowest BCUT2D eigenvalue weighted by atomic mass is 10.3. The molecule has 0 aliphatic heterocycles. The summed E-state index contributed by atoms with van der Waals surface area (Å²) in [4.78, 5) is 11.4. The minimum atomic E-state index is -0.164. The minimum absolute atomic E-state index is 0.164. The number of thioether (sulfide) groups is 1. The summed E-state index contributed by atoms with van der Waals surface area (Å²) >= 11 is 1.54. The number of nitrogens with zero attached hydrogens (tertiary/aromatic N) is 2. The summed E-state index contributed by atoms with van der Waals surface area (Å²) in [5.74, 6) is 1.54. The summed E-state index contributed by atoms with van der Waals surface area (Å²) < 4.78 is 7.21. The van der Waals surface area contributed by atoms with E-state index >= 15 is 0 Å². The minimum Gasteiger partial charge on any atom is -0.491 e. The molecule has 0 saturated carbocycles. The quantitative estimate of drug-likeness (QED) is 0.461. The van der Waals surface area contributed by atoms with Crippen molar-refractivity contribution in [3.63, 3.8) is 0 Å². The van der Waals surface area contributed by atoms with Gasteiger partial charge in [0.2, 0.25) is 0 Å². The first-order valence-corrected chi connectivity index (χ1v) is 7.46. The van der Waals surface area contributed by atoms with E-state index in [0.29, 0.717) is 24.6 Å². The largest absolute Gasteiger partial charge is 0.491 e. The van der Waals surface area contributed by atoms with Gasteiger partial charge in [-0.3, -0.25) is 4.57 Å². The molecular formula is C13H18N4O2S. The Morgan fingerprint density at radius 2 is 2.25 bits per heavy atom. The van der Waals surface area contributed by atoms with Crippen LogP contribution in [0.3, 0.4) is 0 Å². The summed E-state index contributed by atoms with van der Waals surface area (Å²) in [5, 5.41) is 7.15. The number of rotatable bonds is 7. The van der Waals surface area contributed by atoms with Crippen molar-refractivity contribution in [2.75, 3.05) is 18.1 Å². The van der Waals surface area contributed by atoms with Crippen LogP contribution in [0.15, 0.2) is 34.2 Å². The van der Waals surface area contributed by atoms with Gasteiger partial charge in [0.05, 0.1) is 12.3 Å². The van der Waals surface area contributed by atoms with Gasteiger partial charge in [-0.25, -0.2) is 9.89 Å². The average Bonchev–Trinajstić information content (AvgIpc) is 2.80. The van der Waals surface area contributed by atoms with Gasteiger partial charge in [-0.1, -0.05) is 23.9 Å². The number of H-pyrrole nitrogens is 1. The van der Waals surface area contributed by atoms with E-state index in [1.54, 1.807) is 16.3 Å². The van der Waals surface area contributed by atoms with Gasteiger partial charge >= 0.3 is 5.69 Å². The third-order valence-electron chi connectivity index (χ3n) is 2.74. The van der Waals surface area contributed by atoms with E-state index in [1.807, 2.05) is 31.2 Å². The van der Waals surface area contributed by atoms with E-state index in [4.69, 9.17) is 10.5 Å². The first-order chi connectivity index (χ1) is 9.72. The fourth-order valence-corrected chi connectivity index (χ4v) is 2.63. The van der Waals surface area contributed by atoms with Crippen molar-refractivity contribution in [3.05, 3.63) is 34.7 Å². The molecule has 3 N–H and O–H groups in total. The van der Waals surface area contributed by atoms with Crippen molar-refractivity contribution in [1.29, 1.82) is 0 Å². The number of nitrogen functional groups attached to an aromatic ring is 1. The van der Waals surface area contributed by atoms with E-state index in [1.165, 1.54) is 0 Å². The molecule has 2 aromatic rings. The maximum Gasteiger partial charge on any atom is 0.343 e. The molecule has 0 amide bonds. The summed E-state index contributed by atoms with van der Waals surface area (Å²) in [5.41, 5.74) is 6.27. The van der Waals surface area contributed by atoms with E-state index < -0.39 is 0 Å². The first-order valence-electron chi connectivity index (χ1n) is 6.47. The SMILES string of the molecule is CCn1c(SCCCOc2ccccc2N)n[nH]c1=O. The van der Waals surface area contributed by atoms with Crippen LogP contribution in [0.1, 0.15) is 13.3 Å². The van der Waals surface area contributed by atoms with Crippen LogP contribution >= 0.6 is 11.8 Å². The number of nitrogens with two attached hydrogens (primary N) is 1. The van der Waals surface area contributed by atoms with E-state index in [-0.39, 0.29) is 5.69 Å². The number of nitrogens with one attached hydrogen (secondary N) is 1. The fraction of sp³-hybridized carbons (Fsp3) is 0.385. The molecule has 20 heavy (non-hydrogen) atoms. The predicted octanol–water partition coefficient (Wildman–Crippen LogP) is 1.73. The zero-order valence-electron chi connectivity index (χ0n) is 11.3. The summed E-state index contributed by atoms with van der Waals surface area (Å²) in [6.45, 7) is 3.12. The highest BCUT2D eigenvalue weighted by molar-refractivity contribution is 7.99. The lowest BCUT2D eigenvalue weighted by Crippen LogP contribution is -2.16. The topological polar surface area (TPSA) is 85.9 Å². The Morgan fingerprint density at radius 1 is 1.45 bits per heavy atom. The van der Waals surface area contributed by atoms with Gasteiger partial charge < -0.3 is 10.5 Å². The van der Waals surface area contributed by atoms with Crippen LogP contribution in [0.4, 0.5) is 5.69 Å². The van der Waals surface area contributed by atoms with Crippen LogP contribution in [-0.4, -0.2) is 27.1 Å². The molecule has 1 aromatic carbocycles. The van der Waals surface area contributed by atoms with Crippen LogP contribution in [0.5, 0.6) is 5.75 Å². The van der Waals surface area contributed by atoms with E-state index in [2.05, 4.69) is 10.2 Å². The van der Waals surface area contributed by atoms with Crippen molar-refractivity contribution in [3.8, 4) is 5.75 Å². The van der Waals surface area contributed by atoms with Gasteiger partial charge in [-0.05, 0) is 25.5 Å². The molecule has 0 aliphatic rings. The molecule has 7 heteroatoms. The van der Waals surface area contributed by atoms with Crippen LogP contribution in [0.25, 0.3) is 0 Å². The van der Waals surface area contributed by atoms with Gasteiger partial charge in [0.1, 0.15) is 5.75 Å². The first kappa shape index (κ1) is 14.5. The highest BCUT2D eigenvalue weighted by atomic mass is 32.2. The van der Waals surface area contributed by atoms with Crippen molar-refractivity contribution in [2.24, 2.45) is 0 Å². The molecule has 0 fully saturated rings. The van der Waals surface area contributed by atoms with Crippen molar-refractivity contribution in [1.82, 2.24) is 14.8 Å². The zero-order chi connectivity index (χ0) is 14.4. The zero-order valence-corrected chi connectivity index (χ0v) is 12.2. The van der Waals surface area contributed by atoms with Gasteiger partial charge in [-0.15, -0.1) is 5.10 Å². The fourth-order valence-electron chi connectivity index (χ4n) is 1.71. The van der Waals surface area contributed by atoms with E-state index in [9.17, 15) is 4.79 Å². The van der Waals surface area contributed by atoms with Crippen molar-refractivity contribution < 1.29 is 4.74 Å². The lowest BCUT2D eigenvalue weighted by molar-refractivity contribution is 0.320. The molecule has 6 nitrogen and oxygen atoms in total. The van der Waals surface area contributed by atoms with Gasteiger partial charge in [0.15, 0.2) is 5.16 Å². The van der Waals surface area contributed by atoms with Gasteiger partial charge in [-0.2, -0.15) is 0 Å². The Hall–Kier alpha value is -1.89. The Balaban J connectivity index is 1.74. The molecule has 0 bridgehead atoms. The van der Waals surface area contributed by atoms with E-state index in [0.717, 1.165) is 17.3 Å². The summed E-state index contributed by atoms with van der Waals surface area (Å²) in [6, 6.07) is 7.43. The number of hydrogen-bond donors (Lipinski definition) is 2. The number of aromatic amines is 1. The number of para-hydroxylation sites is 2. The Labute approximate surface area is 121 Å². The number of ether oxygens (including phenoxy) is 1. The van der Waals surface area contributed by atoms with Gasteiger partial charge in [0.25, 0.3) is 0 Å². The predicted molar refractivity (Wildman–Crippen MR) is 80.2 cm³/mol. The third kappa shape index (κ3) is 3.57. The second kappa shape index (κ2) is 7.04. The van der Waals surface area contributed by atoms with Crippen molar-refractivity contribution in [2.45, 2.75) is 25.0 Å². The molecule has 108 valence electrons. The van der Waals surface area contributed by atoms with Crippen LogP contribution in [0, 0.1) is 0 Å². The second-order valence-electron chi connectivity index (χ2n) is 4.14. The molecule has 1 aromatic heterocycles. The molecule has 0 saturated heterocycles. The summed E-state index contributed by atoms with van der Waals surface area (Å²) in [7, 11) is 0. The standard InChI is InChI=1S/C13H18N4O2S/c1-2-17-12(18)15-16-13(17)20-9-5-8-19-11-7-4-3-6-10(11)14/h3-4,6-7H,2,5,8-9,14H2,1H3,(H,15,18). The Morgan fingerprint density at radius 3 is 3.00 bits per heavy atom. The van der Waals surface area contributed by atoms with Crippen LogP contribution in [-0.2, 0) is 6.54 Å². The average molecular weight is 294 g/mol. The number of aromatic nitrogens is 3. The van der Waals surface area contributed by atoms with Crippen molar-refractivity contribution >= 4 is 17.4 Å². The molecule has 0 unspecified atom stereocenters. The molecule has 0 radical (unpaired) electrons.